The second-order valence-electron chi connectivity index (χ2n) is 6.62. The van der Waals surface area contributed by atoms with Crippen molar-refractivity contribution in [1.29, 1.82) is 0 Å². The first-order chi connectivity index (χ1) is 13.6. The Balaban J connectivity index is 1.50. The molecule has 0 unspecified atom stereocenters. The summed E-state index contributed by atoms with van der Waals surface area (Å²) in [6.45, 7) is 1.35. The minimum absolute atomic E-state index is 0.0851. The third-order valence-corrected chi connectivity index (χ3v) is 4.73. The van der Waals surface area contributed by atoms with Crippen LogP contribution in [0.5, 0.6) is 0 Å². The zero-order chi connectivity index (χ0) is 19.9. The number of likely N-dealkylation sites (tertiary alicyclic amines) is 1. The van der Waals surface area contributed by atoms with Gasteiger partial charge in [-0.15, -0.1) is 0 Å². The van der Waals surface area contributed by atoms with Gasteiger partial charge in [0.25, 0.3) is 5.91 Å². The van der Waals surface area contributed by atoms with Crippen LogP contribution in [0.1, 0.15) is 23.2 Å². The minimum Gasteiger partial charge on any atom is -0.343 e. The Hall–Kier alpha value is -3.23. The lowest BCUT2D eigenvalue weighted by Gasteiger charge is -2.31. The molecule has 0 saturated carbocycles. The summed E-state index contributed by atoms with van der Waals surface area (Å²) in [5.41, 5.74) is 1.05. The Morgan fingerprint density at radius 2 is 1.79 bits per heavy atom. The maximum Gasteiger partial charge on any atom is 0.251 e. The van der Waals surface area contributed by atoms with Gasteiger partial charge in [0.15, 0.2) is 11.6 Å². The largest absolute Gasteiger partial charge is 0.343 e. The number of halogens is 1. The normalized spacial score (nSPS) is 14.5. The second kappa shape index (κ2) is 9.12. The van der Waals surface area contributed by atoms with Gasteiger partial charge in [-0.2, -0.15) is 4.91 Å². The van der Waals surface area contributed by atoms with E-state index in [9.17, 15) is 18.9 Å². The van der Waals surface area contributed by atoms with Crippen LogP contribution < -0.4 is 5.32 Å². The average Bonchev–Trinajstić information content (AvgIpc) is 2.73. The third-order valence-electron chi connectivity index (χ3n) is 4.73. The van der Waals surface area contributed by atoms with Crippen molar-refractivity contribution in [2.45, 2.75) is 12.8 Å². The van der Waals surface area contributed by atoms with Crippen molar-refractivity contribution in [2.75, 3.05) is 26.2 Å². The van der Waals surface area contributed by atoms with Crippen LogP contribution in [0.3, 0.4) is 0 Å². The van der Waals surface area contributed by atoms with E-state index in [1.165, 1.54) is 0 Å². The van der Waals surface area contributed by atoms with Crippen LogP contribution in [0.15, 0.2) is 41.8 Å². The number of aromatic nitrogens is 2. The number of nitrogens with zero attached hydrogens (tertiary/aromatic N) is 4. The van der Waals surface area contributed by atoms with Crippen LogP contribution in [0.2, 0.25) is 0 Å². The van der Waals surface area contributed by atoms with Gasteiger partial charge < -0.3 is 10.2 Å². The highest BCUT2D eigenvalue weighted by Crippen LogP contribution is 2.18. The molecule has 8 nitrogen and oxygen atoms in total. The predicted molar refractivity (Wildman–Crippen MR) is 99.7 cm³/mol. The van der Waals surface area contributed by atoms with Gasteiger partial charge in [-0.3, -0.25) is 9.59 Å². The molecule has 1 aromatic heterocycles. The van der Waals surface area contributed by atoms with Crippen LogP contribution in [-0.2, 0) is 4.79 Å². The van der Waals surface area contributed by atoms with E-state index in [2.05, 4.69) is 20.5 Å². The number of nitroso groups, excluding NO2 is 1. The quantitative estimate of drug-likeness (QED) is 0.766. The molecule has 0 atom stereocenters. The van der Waals surface area contributed by atoms with Gasteiger partial charge >= 0.3 is 0 Å². The van der Waals surface area contributed by atoms with Crippen molar-refractivity contribution in [2.24, 2.45) is 11.1 Å². The van der Waals surface area contributed by atoms with Crippen molar-refractivity contribution in [3.05, 3.63) is 52.9 Å². The van der Waals surface area contributed by atoms with E-state index in [1.807, 2.05) is 0 Å². The third kappa shape index (κ3) is 4.93. The second-order valence-corrected chi connectivity index (χ2v) is 6.62. The van der Waals surface area contributed by atoms with Crippen LogP contribution in [0.25, 0.3) is 11.4 Å². The topological polar surface area (TPSA) is 105 Å². The number of carbonyl (C=O) groups excluding carboxylic acids is 2. The Morgan fingerprint density at radius 3 is 2.39 bits per heavy atom. The lowest BCUT2D eigenvalue weighted by atomic mass is 9.97. The highest BCUT2D eigenvalue weighted by atomic mass is 19.1. The maximum absolute atomic E-state index is 12.9. The summed E-state index contributed by atoms with van der Waals surface area (Å²) in [4.78, 5) is 44.3. The standard InChI is InChI=1S/C19H20FN5O3/c20-16-10-21-18(22-11-16)14-1-3-15(4-2-14)19(27)23-12-17(26)25-7-5-13(6-8-25)9-24-28/h1-4,10-11,13H,5-9,12H2,(H,23,27). The molecule has 9 heteroatoms. The molecule has 2 aromatic rings. The van der Waals surface area contributed by atoms with Crippen molar-refractivity contribution < 1.29 is 14.0 Å². The monoisotopic (exact) mass is 385 g/mol. The van der Waals surface area contributed by atoms with Crippen LogP contribution in [-0.4, -0.2) is 52.9 Å². The van der Waals surface area contributed by atoms with E-state index in [-0.39, 0.29) is 30.8 Å². The molecule has 2 amide bonds. The molecule has 1 fully saturated rings. The molecule has 1 aliphatic rings. The van der Waals surface area contributed by atoms with E-state index in [0.29, 0.717) is 30.0 Å². The number of benzene rings is 1. The van der Waals surface area contributed by atoms with Crippen LogP contribution >= 0.6 is 0 Å². The molecule has 1 aromatic carbocycles. The number of nitrogens with one attached hydrogen (secondary N) is 1. The summed E-state index contributed by atoms with van der Waals surface area (Å²) < 4.78 is 12.9. The highest BCUT2D eigenvalue weighted by Gasteiger charge is 2.23. The number of rotatable bonds is 6. The molecule has 1 N–H and O–H groups in total. The summed E-state index contributed by atoms with van der Waals surface area (Å²) in [5.74, 6) is -0.437. The number of hydrogen-bond acceptors (Lipinski definition) is 6. The molecule has 1 saturated heterocycles. The Morgan fingerprint density at radius 1 is 1.14 bits per heavy atom. The van der Waals surface area contributed by atoms with Crippen molar-refractivity contribution >= 4 is 11.8 Å². The number of piperidine rings is 1. The fraction of sp³-hybridized carbons (Fsp3) is 0.368. The van der Waals surface area contributed by atoms with E-state index < -0.39 is 5.82 Å². The molecular weight excluding hydrogens is 365 g/mol. The molecule has 0 bridgehead atoms. The van der Waals surface area contributed by atoms with Gasteiger partial charge in [0.2, 0.25) is 5.91 Å². The lowest BCUT2D eigenvalue weighted by molar-refractivity contribution is -0.131. The van der Waals surface area contributed by atoms with Gasteiger partial charge in [-0.05, 0) is 30.9 Å². The Bertz CT molecular complexity index is 834. The Labute approximate surface area is 161 Å². The van der Waals surface area contributed by atoms with E-state index in [4.69, 9.17) is 0 Å². The minimum atomic E-state index is -0.519. The first-order valence-electron chi connectivity index (χ1n) is 9.00. The van der Waals surface area contributed by atoms with Crippen molar-refractivity contribution in [3.8, 4) is 11.4 Å². The van der Waals surface area contributed by atoms with Crippen LogP contribution in [0.4, 0.5) is 4.39 Å². The molecule has 146 valence electrons. The Kier molecular flexibility index (Phi) is 6.36. The smallest absolute Gasteiger partial charge is 0.251 e. The predicted octanol–water partition coefficient (Wildman–Crippen LogP) is 2.02. The molecule has 0 spiro atoms. The van der Waals surface area contributed by atoms with Gasteiger partial charge in [-0.1, -0.05) is 17.3 Å². The van der Waals surface area contributed by atoms with E-state index in [1.54, 1.807) is 29.2 Å². The number of carbonyl (C=O) groups is 2. The van der Waals surface area contributed by atoms with Gasteiger partial charge in [-0.25, -0.2) is 14.4 Å². The van der Waals surface area contributed by atoms with Crippen molar-refractivity contribution in [1.82, 2.24) is 20.2 Å². The van der Waals surface area contributed by atoms with Crippen molar-refractivity contribution in [3.63, 3.8) is 0 Å². The SMILES string of the molecule is O=NCC1CCN(C(=O)CNC(=O)c2ccc(-c3ncc(F)cn3)cc2)CC1. The number of hydrogen-bond donors (Lipinski definition) is 1. The van der Waals surface area contributed by atoms with E-state index >= 15 is 0 Å². The van der Waals surface area contributed by atoms with E-state index in [0.717, 1.165) is 25.2 Å². The molecular formula is C19H20FN5O3. The average molecular weight is 385 g/mol. The number of amides is 2. The fourth-order valence-corrected chi connectivity index (χ4v) is 3.07. The maximum atomic E-state index is 12.9. The lowest BCUT2D eigenvalue weighted by Crippen LogP contribution is -2.44. The fourth-order valence-electron chi connectivity index (χ4n) is 3.07. The summed E-state index contributed by atoms with van der Waals surface area (Å²) in [6, 6.07) is 6.52. The summed E-state index contributed by atoms with van der Waals surface area (Å²) >= 11 is 0. The first kappa shape index (κ1) is 19.5. The molecule has 2 heterocycles. The molecule has 3 rings (SSSR count). The first-order valence-corrected chi connectivity index (χ1v) is 9.00. The van der Waals surface area contributed by atoms with Gasteiger partial charge in [0, 0.05) is 24.2 Å². The summed E-state index contributed by atoms with van der Waals surface area (Å²) in [7, 11) is 0. The van der Waals surface area contributed by atoms with Gasteiger partial charge in [0.05, 0.1) is 25.5 Å². The molecule has 0 aliphatic carbocycles. The summed E-state index contributed by atoms with van der Waals surface area (Å²) in [5, 5.41) is 5.54. The zero-order valence-corrected chi connectivity index (χ0v) is 15.2. The highest BCUT2D eigenvalue weighted by molar-refractivity contribution is 5.96. The van der Waals surface area contributed by atoms with Crippen LogP contribution in [0, 0.1) is 16.6 Å². The zero-order valence-electron chi connectivity index (χ0n) is 15.2. The summed E-state index contributed by atoms with van der Waals surface area (Å²) in [6.07, 6.45) is 3.65. The molecule has 28 heavy (non-hydrogen) atoms. The molecule has 0 radical (unpaired) electrons. The van der Waals surface area contributed by atoms with Gasteiger partial charge in [0.1, 0.15) is 0 Å². The molecule has 1 aliphatic heterocycles.